The zero-order valence-electron chi connectivity index (χ0n) is 17.7. The van der Waals surface area contributed by atoms with Crippen LogP contribution in [0.3, 0.4) is 0 Å². The van der Waals surface area contributed by atoms with E-state index in [1.807, 2.05) is 19.1 Å². The first-order chi connectivity index (χ1) is 15.1. The first kappa shape index (κ1) is 20.5. The fourth-order valence-corrected chi connectivity index (χ4v) is 4.12. The van der Waals surface area contributed by atoms with E-state index in [0.717, 1.165) is 17.5 Å². The molecule has 0 unspecified atom stereocenters. The minimum Gasteiger partial charge on any atom is -0.475 e. The molecule has 1 saturated carbocycles. The summed E-state index contributed by atoms with van der Waals surface area (Å²) in [6.07, 6.45) is -3.02. The molecular formula is C23H21F3N4O2. The Morgan fingerprint density at radius 3 is 2.59 bits per heavy atom. The van der Waals surface area contributed by atoms with Gasteiger partial charge in [-0.05, 0) is 43.7 Å². The monoisotopic (exact) mass is 442 g/mol. The van der Waals surface area contributed by atoms with Gasteiger partial charge in [0.15, 0.2) is 11.4 Å². The summed E-state index contributed by atoms with van der Waals surface area (Å²) in [7, 11) is 1.72. The van der Waals surface area contributed by atoms with Gasteiger partial charge in [-0.15, -0.1) is 5.10 Å². The van der Waals surface area contributed by atoms with Crippen LogP contribution in [0.15, 0.2) is 36.4 Å². The van der Waals surface area contributed by atoms with Crippen molar-refractivity contribution in [1.82, 2.24) is 10.2 Å². The number of nitrogens with one attached hydrogen (secondary N) is 1. The lowest BCUT2D eigenvalue weighted by atomic mass is 10.0. The maximum atomic E-state index is 13.1. The van der Waals surface area contributed by atoms with Crippen LogP contribution in [0, 0.1) is 6.92 Å². The molecule has 0 saturated heterocycles. The Bertz CT molecular complexity index is 1250. The number of ether oxygens (including phenoxy) is 1. The smallest absolute Gasteiger partial charge is 0.416 e. The molecular weight excluding hydrogens is 421 g/mol. The Morgan fingerprint density at radius 2 is 1.91 bits per heavy atom. The normalized spacial score (nSPS) is 17.8. The molecule has 166 valence electrons. The number of halogens is 3. The van der Waals surface area contributed by atoms with Crippen molar-refractivity contribution in [3.05, 3.63) is 53.2 Å². The molecule has 1 N–H and O–H groups in total. The molecule has 1 amide bonds. The number of fused-ring (bicyclic) bond motifs is 2. The van der Waals surface area contributed by atoms with E-state index in [0.29, 0.717) is 46.7 Å². The predicted molar refractivity (Wildman–Crippen MR) is 114 cm³/mol. The van der Waals surface area contributed by atoms with Gasteiger partial charge in [-0.1, -0.05) is 12.1 Å². The van der Waals surface area contributed by atoms with Crippen LogP contribution in [-0.4, -0.2) is 28.8 Å². The third-order valence-electron chi connectivity index (χ3n) is 6.18. The van der Waals surface area contributed by atoms with E-state index in [1.54, 1.807) is 24.9 Å². The maximum Gasteiger partial charge on any atom is 0.416 e. The van der Waals surface area contributed by atoms with Crippen LogP contribution in [0.4, 0.5) is 24.7 Å². The minimum atomic E-state index is -4.42. The summed E-state index contributed by atoms with van der Waals surface area (Å²) >= 11 is 0. The molecule has 5 rings (SSSR count). The predicted octanol–water partition coefficient (Wildman–Crippen LogP) is 5.02. The Hall–Kier alpha value is -3.36. The average Bonchev–Trinajstić information content (AvgIpc) is 3.53. The Labute approximate surface area is 182 Å². The summed E-state index contributed by atoms with van der Waals surface area (Å²) in [6, 6.07) is 8.41. The molecule has 2 aromatic carbocycles. The first-order valence-electron chi connectivity index (χ1n) is 10.3. The van der Waals surface area contributed by atoms with Gasteiger partial charge in [0.25, 0.3) is 5.91 Å². The molecule has 1 aliphatic carbocycles. The zero-order valence-corrected chi connectivity index (χ0v) is 17.7. The van der Waals surface area contributed by atoms with Crippen molar-refractivity contribution < 1.29 is 22.7 Å². The highest BCUT2D eigenvalue weighted by atomic mass is 19.4. The Kier molecular flexibility index (Phi) is 4.38. The van der Waals surface area contributed by atoms with Crippen LogP contribution in [0.25, 0.3) is 10.8 Å². The molecule has 1 atom stereocenters. The number of aryl methyl sites for hydroxylation is 1. The molecule has 3 aromatic rings. The van der Waals surface area contributed by atoms with Gasteiger partial charge in [0.2, 0.25) is 0 Å². The maximum absolute atomic E-state index is 13.1. The number of anilines is 2. The third-order valence-corrected chi connectivity index (χ3v) is 6.18. The average molecular weight is 442 g/mol. The van der Waals surface area contributed by atoms with Crippen molar-refractivity contribution >= 4 is 28.2 Å². The van der Waals surface area contributed by atoms with Gasteiger partial charge in [0.1, 0.15) is 5.75 Å². The molecule has 0 radical (unpaired) electrons. The SMILES string of the molecule is Cc1nnc(N[C@H](C)c2cccc(C(F)(F)F)c2)c2cc3c(cc12)OC1(CC1)C(=O)N3C. The van der Waals surface area contributed by atoms with Crippen LogP contribution in [-0.2, 0) is 11.0 Å². The number of carbonyl (C=O) groups excluding carboxylic acids is 1. The number of hydrogen-bond donors (Lipinski definition) is 1. The summed E-state index contributed by atoms with van der Waals surface area (Å²) in [5.74, 6) is 0.964. The zero-order chi connectivity index (χ0) is 22.8. The van der Waals surface area contributed by atoms with Crippen molar-refractivity contribution in [3.63, 3.8) is 0 Å². The van der Waals surface area contributed by atoms with E-state index in [1.165, 1.54) is 6.07 Å². The van der Waals surface area contributed by atoms with Gasteiger partial charge in [-0.2, -0.15) is 18.3 Å². The second-order valence-corrected chi connectivity index (χ2v) is 8.45. The third kappa shape index (κ3) is 3.23. The van der Waals surface area contributed by atoms with Gasteiger partial charge >= 0.3 is 6.18 Å². The lowest BCUT2D eigenvalue weighted by molar-refractivity contribution is -0.137. The molecule has 6 nitrogen and oxygen atoms in total. The molecule has 2 heterocycles. The second-order valence-electron chi connectivity index (χ2n) is 8.45. The number of aromatic nitrogens is 2. The first-order valence-corrected chi connectivity index (χ1v) is 10.3. The summed E-state index contributed by atoms with van der Waals surface area (Å²) in [5.41, 5.74) is 0.335. The van der Waals surface area contributed by atoms with Crippen LogP contribution in [0.1, 0.15) is 42.6 Å². The van der Waals surface area contributed by atoms with E-state index in [2.05, 4.69) is 15.5 Å². The summed E-state index contributed by atoms with van der Waals surface area (Å²) in [4.78, 5) is 14.3. The number of amides is 1. The van der Waals surface area contributed by atoms with Crippen LogP contribution in [0.2, 0.25) is 0 Å². The van der Waals surface area contributed by atoms with Gasteiger partial charge in [-0.25, -0.2) is 0 Å². The van der Waals surface area contributed by atoms with E-state index in [-0.39, 0.29) is 5.91 Å². The fraction of sp³-hybridized carbons (Fsp3) is 0.348. The second kappa shape index (κ2) is 6.82. The number of likely N-dealkylation sites (N-methyl/N-ethyl adjacent to an activating group) is 1. The van der Waals surface area contributed by atoms with E-state index in [9.17, 15) is 18.0 Å². The standard InChI is InChI=1S/C23H21F3N4O2/c1-12(14-5-4-6-15(9-14)23(24,25)26)27-20-17-10-18-19(11-16(17)13(2)28-29-20)32-22(7-8-22)21(31)30(18)3/h4-6,9-12H,7-8H2,1-3H3,(H,27,29)/t12-/m1/s1. The van der Waals surface area contributed by atoms with E-state index in [4.69, 9.17) is 4.74 Å². The van der Waals surface area contributed by atoms with E-state index < -0.39 is 23.4 Å². The Balaban J connectivity index is 1.54. The highest BCUT2D eigenvalue weighted by molar-refractivity contribution is 6.07. The van der Waals surface area contributed by atoms with Crippen molar-refractivity contribution in [1.29, 1.82) is 0 Å². The van der Waals surface area contributed by atoms with Crippen LogP contribution >= 0.6 is 0 Å². The summed E-state index contributed by atoms with van der Waals surface area (Å²) < 4.78 is 45.4. The number of carbonyl (C=O) groups is 1. The summed E-state index contributed by atoms with van der Waals surface area (Å²) in [6.45, 7) is 3.59. The van der Waals surface area contributed by atoms with Crippen molar-refractivity contribution in [3.8, 4) is 5.75 Å². The highest BCUT2D eigenvalue weighted by Crippen LogP contribution is 2.50. The molecule has 9 heteroatoms. The van der Waals surface area contributed by atoms with Crippen molar-refractivity contribution in [2.24, 2.45) is 0 Å². The van der Waals surface area contributed by atoms with Gasteiger partial charge < -0.3 is 15.0 Å². The lowest BCUT2D eigenvalue weighted by Gasteiger charge is -2.32. The largest absolute Gasteiger partial charge is 0.475 e. The summed E-state index contributed by atoms with van der Waals surface area (Å²) in [5, 5.41) is 13.2. The van der Waals surface area contributed by atoms with Crippen LogP contribution in [0.5, 0.6) is 5.75 Å². The molecule has 1 aromatic heterocycles. The quantitative estimate of drug-likeness (QED) is 0.617. The number of nitrogens with zero attached hydrogens (tertiary/aromatic N) is 3. The van der Waals surface area contributed by atoms with Crippen molar-refractivity contribution in [2.45, 2.75) is 44.5 Å². The number of alkyl halides is 3. The van der Waals surface area contributed by atoms with Crippen LogP contribution < -0.4 is 15.0 Å². The molecule has 32 heavy (non-hydrogen) atoms. The van der Waals surface area contributed by atoms with Gasteiger partial charge in [0.05, 0.1) is 23.0 Å². The topological polar surface area (TPSA) is 67.4 Å². The molecule has 1 spiro atoms. The molecule has 2 aliphatic rings. The Morgan fingerprint density at radius 1 is 1.16 bits per heavy atom. The fourth-order valence-electron chi connectivity index (χ4n) is 4.12. The number of hydrogen-bond acceptors (Lipinski definition) is 5. The van der Waals surface area contributed by atoms with Gasteiger partial charge in [0, 0.05) is 30.7 Å². The number of rotatable bonds is 3. The molecule has 1 fully saturated rings. The lowest BCUT2D eigenvalue weighted by Crippen LogP contribution is -2.45. The molecule has 0 bridgehead atoms. The van der Waals surface area contributed by atoms with Crippen molar-refractivity contribution in [2.75, 3.05) is 17.3 Å². The number of benzene rings is 2. The van der Waals surface area contributed by atoms with E-state index >= 15 is 0 Å². The van der Waals surface area contributed by atoms with Gasteiger partial charge in [-0.3, -0.25) is 4.79 Å². The minimum absolute atomic E-state index is 0.0741. The highest BCUT2D eigenvalue weighted by Gasteiger charge is 2.57. The molecule has 1 aliphatic heterocycles.